The largest absolute Gasteiger partial charge is 0.349 e. The van der Waals surface area contributed by atoms with Gasteiger partial charge in [-0.25, -0.2) is 9.18 Å². The molecule has 0 saturated carbocycles. The van der Waals surface area contributed by atoms with E-state index in [1.54, 1.807) is 0 Å². The smallest absolute Gasteiger partial charge is 0.294 e. The molecule has 2 aromatic carbocycles. The number of H-pyrrole nitrogens is 1. The predicted molar refractivity (Wildman–Crippen MR) is 91.2 cm³/mol. The Morgan fingerprint density at radius 1 is 1.08 bits per heavy atom. The minimum absolute atomic E-state index is 0.0757. The number of hydrogen-bond donors (Lipinski definition) is 1. The van der Waals surface area contributed by atoms with Gasteiger partial charge >= 0.3 is 5.69 Å². The van der Waals surface area contributed by atoms with Crippen molar-refractivity contribution in [2.45, 2.75) is 0 Å². The lowest BCUT2D eigenvalue weighted by Gasteiger charge is -2.17. The number of fused-ring (bicyclic) bond motifs is 2. The molecule has 8 nitrogen and oxygen atoms in total. The molecular formula is C17H9FN4O4. The fraction of sp³-hybridized carbons (Fsp3) is 0. The van der Waals surface area contributed by atoms with Crippen LogP contribution in [0.15, 0.2) is 58.1 Å². The van der Waals surface area contributed by atoms with E-state index in [4.69, 9.17) is 0 Å². The minimum Gasteiger partial charge on any atom is -0.294 e. The molecule has 26 heavy (non-hydrogen) atoms. The quantitative estimate of drug-likeness (QED) is 0.338. The molecule has 0 aliphatic carbocycles. The van der Waals surface area contributed by atoms with Crippen LogP contribution in [0.25, 0.3) is 28.0 Å². The van der Waals surface area contributed by atoms with Crippen molar-refractivity contribution < 1.29 is 9.31 Å². The molecule has 0 aromatic heterocycles. The molecule has 4 rings (SSSR count). The zero-order valence-corrected chi connectivity index (χ0v) is 13.0. The third-order valence-electron chi connectivity index (χ3n) is 3.97. The normalized spacial score (nSPS) is 11.1. The predicted octanol–water partition coefficient (Wildman–Crippen LogP) is 2.23. The topological polar surface area (TPSA) is 111 Å². The Bertz CT molecular complexity index is 1260. The summed E-state index contributed by atoms with van der Waals surface area (Å²) in [6.45, 7) is 0. The molecule has 2 aliphatic heterocycles. The maximum Gasteiger partial charge on any atom is 0.349 e. The number of rotatable bonds is 2. The number of nitro groups is 1. The standard InChI is InChI=1S/C17H9FN4O4/c18-10-1-3-11(4-2-10)21-14-6-5-12(22(25)26)7-9(14)8-13-15(21)19-17(24)20-16(13)23/h1-8H,(H,20,23,24). The van der Waals surface area contributed by atoms with Gasteiger partial charge in [-0.15, -0.1) is 0 Å². The van der Waals surface area contributed by atoms with Crippen LogP contribution in [0.2, 0.25) is 0 Å². The molecule has 2 heterocycles. The number of non-ortho nitro benzene ring substituents is 1. The van der Waals surface area contributed by atoms with Crippen LogP contribution in [0.5, 0.6) is 0 Å². The van der Waals surface area contributed by atoms with Crippen LogP contribution in [0, 0.1) is 15.9 Å². The number of nitro benzene ring substituents is 1. The van der Waals surface area contributed by atoms with Crippen LogP contribution in [-0.4, -0.2) is 19.5 Å². The summed E-state index contributed by atoms with van der Waals surface area (Å²) in [6.07, 6.45) is 0. The Kier molecular flexibility index (Phi) is 3.36. The van der Waals surface area contributed by atoms with Crippen LogP contribution < -0.4 is 11.2 Å². The van der Waals surface area contributed by atoms with E-state index in [0.717, 1.165) is 0 Å². The molecular weight excluding hydrogens is 343 g/mol. The Morgan fingerprint density at radius 3 is 2.50 bits per heavy atom. The van der Waals surface area contributed by atoms with E-state index in [9.17, 15) is 24.1 Å². The molecule has 0 atom stereocenters. The summed E-state index contributed by atoms with van der Waals surface area (Å²) in [4.78, 5) is 40.3. The van der Waals surface area contributed by atoms with Crippen LogP contribution in [0.3, 0.4) is 0 Å². The number of nitrogens with one attached hydrogen (secondary N) is 1. The van der Waals surface area contributed by atoms with Gasteiger partial charge in [0.1, 0.15) is 5.82 Å². The van der Waals surface area contributed by atoms with Gasteiger partial charge < -0.3 is 0 Å². The summed E-state index contributed by atoms with van der Waals surface area (Å²) >= 11 is 0. The molecule has 0 spiro atoms. The first kappa shape index (κ1) is 15.6. The number of pyridine rings is 1. The van der Waals surface area contributed by atoms with Gasteiger partial charge in [-0.3, -0.25) is 24.5 Å². The van der Waals surface area contributed by atoms with Crippen molar-refractivity contribution in [3.8, 4) is 17.1 Å². The highest BCUT2D eigenvalue weighted by Crippen LogP contribution is 2.30. The van der Waals surface area contributed by atoms with E-state index < -0.39 is 22.0 Å². The molecule has 0 saturated heterocycles. The van der Waals surface area contributed by atoms with Crippen LogP contribution >= 0.6 is 0 Å². The Hall–Kier alpha value is -3.88. The Balaban J connectivity index is 2.20. The van der Waals surface area contributed by atoms with Crippen molar-refractivity contribution in [1.82, 2.24) is 14.5 Å². The van der Waals surface area contributed by atoms with Gasteiger partial charge in [0.2, 0.25) is 0 Å². The number of benzene rings is 2. The zero-order valence-electron chi connectivity index (χ0n) is 13.0. The molecule has 0 radical (unpaired) electrons. The van der Waals surface area contributed by atoms with Crippen molar-refractivity contribution in [2.24, 2.45) is 0 Å². The van der Waals surface area contributed by atoms with Gasteiger partial charge in [-0.05, 0) is 36.4 Å². The number of aromatic nitrogens is 3. The van der Waals surface area contributed by atoms with Crippen LogP contribution in [0.4, 0.5) is 10.1 Å². The monoisotopic (exact) mass is 352 g/mol. The summed E-state index contributed by atoms with van der Waals surface area (Å²) in [7, 11) is 0. The number of halogens is 1. The summed E-state index contributed by atoms with van der Waals surface area (Å²) < 4.78 is 14.8. The first-order chi connectivity index (χ1) is 12.4. The number of aromatic amines is 1. The van der Waals surface area contributed by atoms with E-state index in [2.05, 4.69) is 9.97 Å². The molecule has 0 bridgehead atoms. The van der Waals surface area contributed by atoms with Crippen molar-refractivity contribution in [2.75, 3.05) is 0 Å². The highest BCUT2D eigenvalue weighted by atomic mass is 19.1. The molecule has 9 heteroatoms. The maximum absolute atomic E-state index is 13.3. The highest BCUT2D eigenvalue weighted by molar-refractivity contribution is 5.88. The number of nitrogens with zero attached hydrogens (tertiary/aromatic N) is 3. The zero-order chi connectivity index (χ0) is 18.4. The van der Waals surface area contributed by atoms with E-state index in [1.165, 1.54) is 53.1 Å². The summed E-state index contributed by atoms with van der Waals surface area (Å²) in [5, 5.41) is 11.5. The molecule has 1 N–H and O–H groups in total. The van der Waals surface area contributed by atoms with E-state index in [-0.39, 0.29) is 17.1 Å². The van der Waals surface area contributed by atoms with E-state index in [0.29, 0.717) is 16.6 Å². The summed E-state index contributed by atoms with van der Waals surface area (Å²) in [5.41, 5.74) is -0.612. The molecule has 128 valence electrons. The average molecular weight is 352 g/mol. The Morgan fingerprint density at radius 2 is 1.81 bits per heavy atom. The fourth-order valence-corrected chi connectivity index (χ4v) is 2.85. The minimum atomic E-state index is -0.820. The second-order valence-electron chi connectivity index (χ2n) is 5.56. The first-order valence-corrected chi connectivity index (χ1v) is 7.44. The SMILES string of the molecule is O=c1nc2n(-c3ccc(F)cc3)c3ccc([N+](=O)[O-])cc3cc-2c(=O)[nH]1. The lowest BCUT2D eigenvalue weighted by molar-refractivity contribution is -0.384. The highest BCUT2D eigenvalue weighted by Gasteiger charge is 2.19. The fourth-order valence-electron chi connectivity index (χ4n) is 2.85. The van der Waals surface area contributed by atoms with E-state index in [1.807, 2.05) is 0 Å². The molecule has 0 fully saturated rings. The van der Waals surface area contributed by atoms with Crippen molar-refractivity contribution in [1.29, 1.82) is 0 Å². The Labute approximate surface area is 143 Å². The van der Waals surface area contributed by atoms with Crippen molar-refractivity contribution in [3.05, 3.63) is 85.3 Å². The van der Waals surface area contributed by atoms with Gasteiger partial charge in [-0.2, -0.15) is 4.98 Å². The third kappa shape index (κ3) is 2.42. The van der Waals surface area contributed by atoms with Gasteiger partial charge in [-0.1, -0.05) is 0 Å². The third-order valence-corrected chi connectivity index (χ3v) is 3.97. The van der Waals surface area contributed by atoms with Gasteiger partial charge in [0, 0.05) is 23.2 Å². The second kappa shape index (κ2) is 5.59. The van der Waals surface area contributed by atoms with Gasteiger partial charge in [0.25, 0.3) is 11.2 Å². The van der Waals surface area contributed by atoms with Gasteiger partial charge in [0.05, 0.1) is 16.0 Å². The van der Waals surface area contributed by atoms with E-state index >= 15 is 0 Å². The maximum atomic E-state index is 13.3. The van der Waals surface area contributed by atoms with Crippen molar-refractivity contribution in [3.63, 3.8) is 0 Å². The first-order valence-electron chi connectivity index (χ1n) is 7.44. The number of hydrogen-bond acceptors (Lipinski definition) is 5. The molecule has 0 amide bonds. The molecule has 0 unspecified atom stereocenters. The van der Waals surface area contributed by atoms with Gasteiger partial charge in [0.15, 0.2) is 5.82 Å². The molecule has 2 aromatic rings. The van der Waals surface area contributed by atoms with Crippen LogP contribution in [0.1, 0.15) is 0 Å². The lowest BCUT2D eigenvalue weighted by atomic mass is 10.1. The molecule has 2 aliphatic rings. The van der Waals surface area contributed by atoms with Crippen molar-refractivity contribution >= 4 is 16.6 Å². The average Bonchev–Trinajstić information content (AvgIpc) is 2.60. The second-order valence-corrected chi connectivity index (χ2v) is 5.56. The lowest BCUT2D eigenvalue weighted by Crippen LogP contribution is -2.27. The summed E-state index contributed by atoms with van der Waals surface area (Å²) in [6, 6.07) is 10.9. The van der Waals surface area contributed by atoms with Crippen LogP contribution in [-0.2, 0) is 0 Å². The summed E-state index contributed by atoms with van der Waals surface area (Å²) in [5.74, 6) is -0.378.